The van der Waals surface area contributed by atoms with Gasteiger partial charge in [0.25, 0.3) is 0 Å². The molecule has 0 aliphatic rings. The number of phenolic OH excluding ortho intramolecular Hbond substituents is 1. The van der Waals surface area contributed by atoms with E-state index < -0.39 is 6.29 Å². The minimum atomic E-state index is -0.830. The highest BCUT2D eigenvalue weighted by Crippen LogP contribution is 2.33. The van der Waals surface area contributed by atoms with Gasteiger partial charge in [-0.25, -0.2) is 4.98 Å². The molecule has 3 aromatic carbocycles. The highest BCUT2D eigenvalue weighted by atomic mass is 35.5. The van der Waals surface area contributed by atoms with Gasteiger partial charge in [-0.1, -0.05) is 77.8 Å². The lowest BCUT2D eigenvalue weighted by Crippen LogP contribution is -2.06. The molecule has 1 atom stereocenters. The minimum absolute atomic E-state index is 0.237. The standard InChI is InChI=1S/C30H28Cl2N2O3/c1-3-20(5-4-6-29(36)37-2)18-34-19-28(26-16-13-24(31)17-27(26)32)33-30(34)23-9-7-21(8-10-23)22-11-14-25(35)15-12-22/h3-5,7-17,19,29,35-36H,6,18H2,1-2H3/b5-4-,20-3+. The van der Waals surface area contributed by atoms with Crippen molar-refractivity contribution in [1.29, 1.82) is 0 Å². The fraction of sp³-hybridized carbons (Fsp3) is 0.167. The van der Waals surface area contributed by atoms with Gasteiger partial charge in [0.2, 0.25) is 0 Å². The fourth-order valence-electron chi connectivity index (χ4n) is 3.93. The van der Waals surface area contributed by atoms with E-state index in [4.69, 9.17) is 32.9 Å². The van der Waals surface area contributed by atoms with Gasteiger partial charge >= 0.3 is 0 Å². The van der Waals surface area contributed by atoms with Crippen molar-refractivity contribution < 1.29 is 14.9 Å². The zero-order valence-electron chi connectivity index (χ0n) is 20.6. The molecule has 4 aromatic rings. The van der Waals surface area contributed by atoms with Gasteiger partial charge in [-0.15, -0.1) is 0 Å². The van der Waals surface area contributed by atoms with Crippen LogP contribution in [0.3, 0.4) is 0 Å². The number of nitrogens with zero attached hydrogens (tertiary/aromatic N) is 2. The Labute approximate surface area is 226 Å². The predicted octanol–water partition coefficient (Wildman–Crippen LogP) is 7.75. The van der Waals surface area contributed by atoms with Gasteiger partial charge in [0.15, 0.2) is 6.29 Å². The second kappa shape index (κ2) is 12.3. The summed E-state index contributed by atoms with van der Waals surface area (Å²) in [6.45, 7) is 2.55. The normalized spacial score (nSPS) is 12.8. The molecule has 0 saturated carbocycles. The van der Waals surface area contributed by atoms with Crippen LogP contribution in [0.2, 0.25) is 10.0 Å². The fourth-order valence-corrected chi connectivity index (χ4v) is 4.43. The zero-order chi connectivity index (χ0) is 26.4. The van der Waals surface area contributed by atoms with Gasteiger partial charge in [-0.2, -0.15) is 0 Å². The van der Waals surface area contributed by atoms with Gasteiger partial charge in [-0.3, -0.25) is 0 Å². The van der Waals surface area contributed by atoms with Crippen molar-refractivity contribution >= 4 is 23.2 Å². The Morgan fingerprint density at radius 1 is 1.00 bits per heavy atom. The van der Waals surface area contributed by atoms with Crippen LogP contribution in [0.25, 0.3) is 33.8 Å². The number of allylic oxidation sites excluding steroid dienone is 3. The van der Waals surface area contributed by atoms with Gasteiger partial charge < -0.3 is 19.5 Å². The number of halogens is 2. The molecule has 190 valence electrons. The number of hydrogen-bond acceptors (Lipinski definition) is 4. The molecule has 0 aliphatic carbocycles. The molecular weight excluding hydrogens is 507 g/mol. The molecule has 37 heavy (non-hydrogen) atoms. The number of aromatic hydroxyl groups is 1. The van der Waals surface area contributed by atoms with Crippen molar-refractivity contribution in [3.05, 3.63) is 107 Å². The summed E-state index contributed by atoms with van der Waals surface area (Å²) in [5, 5.41) is 20.4. The average molecular weight is 535 g/mol. The lowest BCUT2D eigenvalue weighted by atomic mass is 10.0. The van der Waals surface area contributed by atoms with Gasteiger partial charge in [0, 0.05) is 42.4 Å². The Kier molecular flexibility index (Phi) is 8.85. The molecule has 4 rings (SSSR count). The van der Waals surface area contributed by atoms with Crippen molar-refractivity contribution in [2.75, 3.05) is 7.11 Å². The Morgan fingerprint density at radius 2 is 1.65 bits per heavy atom. The molecule has 0 fully saturated rings. The van der Waals surface area contributed by atoms with E-state index in [0.29, 0.717) is 23.0 Å². The van der Waals surface area contributed by atoms with E-state index in [1.165, 1.54) is 7.11 Å². The first-order chi connectivity index (χ1) is 17.9. The summed E-state index contributed by atoms with van der Waals surface area (Å²) in [6, 6.07) is 20.7. The van der Waals surface area contributed by atoms with E-state index in [2.05, 4.69) is 4.57 Å². The van der Waals surface area contributed by atoms with Crippen LogP contribution in [-0.4, -0.2) is 33.2 Å². The van der Waals surface area contributed by atoms with E-state index >= 15 is 0 Å². The number of aliphatic hydroxyl groups is 1. The van der Waals surface area contributed by atoms with Crippen molar-refractivity contribution in [1.82, 2.24) is 9.55 Å². The van der Waals surface area contributed by atoms with Gasteiger partial charge in [0.1, 0.15) is 11.6 Å². The topological polar surface area (TPSA) is 67.5 Å². The lowest BCUT2D eigenvalue weighted by molar-refractivity contribution is -0.0702. The highest BCUT2D eigenvalue weighted by Gasteiger charge is 2.15. The van der Waals surface area contributed by atoms with Crippen molar-refractivity contribution in [2.24, 2.45) is 0 Å². The molecule has 7 heteroatoms. The second-order valence-electron chi connectivity index (χ2n) is 8.52. The second-order valence-corrected chi connectivity index (χ2v) is 9.36. The summed E-state index contributed by atoms with van der Waals surface area (Å²) in [7, 11) is 1.48. The maximum absolute atomic E-state index is 9.68. The number of imidazole rings is 1. The Balaban J connectivity index is 1.70. The molecule has 0 aliphatic heterocycles. The Bertz CT molecular complexity index is 1410. The number of phenols is 1. The summed E-state index contributed by atoms with van der Waals surface area (Å²) >= 11 is 12.6. The Hall–Kier alpha value is -3.35. The quantitative estimate of drug-likeness (QED) is 0.170. The summed E-state index contributed by atoms with van der Waals surface area (Å²) in [4.78, 5) is 4.96. The molecule has 0 bridgehead atoms. The Morgan fingerprint density at radius 3 is 2.27 bits per heavy atom. The number of aromatic nitrogens is 2. The van der Waals surface area contributed by atoms with Crippen LogP contribution >= 0.6 is 23.2 Å². The molecule has 0 radical (unpaired) electrons. The summed E-state index contributed by atoms with van der Waals surface area (Å²) in [5.41, 5.74) is 5.60. The number of ether oxygens (including phenoxy) is 1. The molecule has 1 heterocycles. The summed E-state index contributed by atoms with van der Waals surface area (Å²) in [6.07, 6.45) is 7.46. The molecule has 2 N–H and O–H groups in total. The molecule has 0 spiro atoms. The van der Waals surface area contributed by atoms with Crippen LogP contribution < -0.4 is 0 Å². The van der Waals surface area contributed by atoms with Crippen LogP contribution in [0.1, 0.15) is 13.3 Å². The van der Waals surface area contributed by atoms with E-state index in [-0.39, 0.29) is 5.75 Å². The van der Waals surface area contributed by atoms with Gasteiger partial charge in [-0.05, 0) is 54.0 Å². The number of benzene rings is 3. The van der Waals surface area contributed by atoms with E-state index in [0.717, 1.165) is 39.3 Å². The van der Waals surface area contributed by atoms with E-state index in [1.807, 2.05) is 73.8 Å². The van der Waals surface area contributed by atoms with Crippen molar-refractivity contribution in [3.63, 3.8) is 0 Å². The van der Waals surface area contributed by atoms with Crippen molar-refractivity contribution in [2.45, 2.75) is 26.2 Å². The number of hydrogen-bond donors (Lipinski definition) is 2. The van der Waals surface area contributed by atoms with Crippen LogP contribution in [0, 0.1) is 0 Å². The predicted molar refractivity (Wildman–Crippen MR) is 151 cm³/mol. The minimum Gasteiger partial charge on any atom is -0.508 e. The summed E-state index contributed by atoms with van der Waals surface area (Å²) in [5.74, 6) is 1.03. The van der Waals surface area contributed by atoms with E-state index in [1.54, 1.807) is 24.3 Å². The van der Waals surface area contributed by atoms with Crippen LogP contribution in [-0.2, 0) is 11.3 Å². The van der Waals surface area contributed by atoms with Crippen LogP contribution in [0.15, 0.2) is 96.7 Å². The number of aliphatic hydroxyl groups excluding tert-OH is 1. The van der Waals surface area contributed by atoms with Crippen LogP contribution in [0.4, 0.5) is 0 Å². The first kappa shape index (κ1) is 26.7. The number of methoxy groups -OCH3 is 1. The van der Waals surface area contributed by atoms with Gasteiger partial charge in [0.05, 0.1) is 10.7 Å². The summed E-state index contributed by atoms with van der Waals surface area (Å²) < 4.78 is 7.00. The molecular formula is C30H28Cl2N2O3. The van der Waals surface area contributed by atoms with Crippen LogP contribution in [0.5, 0.6) is 5.75 Å². The lowest BCUT2D eigenvalue weighted by Gasteiger charge is -2.10. The molecule has 0 saturated heterocycles. The van der Waals surface area contributed by atoms with E-state index in [9.17, 15) is 10.2 Å². The average Bonchev–Trinajstić information content (AvgIpc) is 3.31. The highest BCUT2D eigenvalue weighted by molar-refractivity contribution is 6.36. The molecule has 5 nitrogen and oxygen atoms in total. The third kappa shape index (κ3) is 6.70. The zero-order valence-corrected chi connectivity index (χ0v) is 22.1. The molecule has 1 unspecified atom stereocenters. The smallest absolute Gasteiger partial charge is 0.157 e. The largest absolute Gasteiger partial charge is 0.508 e. The monoisotopic (exact) mass is 534 g/mol. The SMILES string of the molecule is C/C=C(\C=C/CC(O)OC)Cn1cc(-c2ccc(Cl)cc2Cl)nc1-c1ccc(-c2ccc(O)cc2)cc1. The molecule has 0 amide bonds. The first-order valence-corrected chi connectivity index (χ1v) is 12.6. The molecule has 1 aromatic heterocycles. The first-order valence-electron chi connectivity index (χ1n) is 11.8. The third-order valence-corrected chi connectivity index (χ3v) is 6.54. The maximum atomic E-state index is 9.68. The number of rotatable bonds is 9. The maximum Gasteiger partial charge on any atom is 0.157 e. The van der Waals surface area contributed by atoms with Crippen molar-refractivity contribution in [3.8, 4) is 39.5 Å². The third-order valence-electron chi connectivity index (χ3n) is 5.99.